The van der Waals surface area contributed by atoms with Crippen molar-refractivity contribution in [3.63, 3.8) is 0 Å². The number of rotatable bonds is 6. The normalized spacial score (nSPS) is 12.6. The molecule has 0 aliphatic carbocycles. The summed E-state index contributed by atoms with van der Waals surface area (Å²) in [6.07, 6.45) is 5.28. The number of hydrogen-bond donors (Lipinski definition) is 1. The molecule has 0 unspecified atom stereocenters. The molecule has 0 aliphatic rings. The van der Waals surface area contributed by atoms with E-state index in [1.54, 1.807) is 30.7 Å². The number of nitrogens with zero attached hydrogens (tertiary/aromatic N) is 3. The van der Waals surface area contributed by atoms with Crippen LogP contribution in [0.3, 0.4) is 0 Å². The molecule has 2 heterocycles. The van der Waals surface area contributed by atoms with Gasteiger partial charge in [0.15, 0.2) is 5.58 Å². The molecule has 3 aromatic rings. The third-order valence-electron chi connectivity index (χ3n) is 3.99. The number of hydrogen-bond acceptors (Lipinski definition) is 4. The first-order chi connectivity index (χ1) is 11.5. The molecule has 1 aromatic carbocycles. The number of carbonyl (C=O) groups excluding carboxylic acids is 1. The summed E-state index contributed by atoms with van der Waals surface area (Å²) in [4.78, 5) is 28.4. The van der Waals surface area contributed by atoms with Gasteiger partial charge in [-0.15, -0.1) is 0 Å². The Morgan fingerprint density at radius 3 is 2.83 bits per heavy atom. The fraction of sp³-hybridized carbons (Fsp3) is 0.353. The predicted molar refractivity (Wildman–Crippen MR) is 89.5 cm³/mol. The van der Waals surface area contributed by atoms with Gasteiger partial charge in [0.2, 0.25) is 5.91 Å². The van der Waals surface area contributed by atoms with E-state index in [1.165, 1.54) is 4.57 Å². The standard InChI is InChI=1S/C17H20N4O3/c1-12(2)13(9-20-8-7-18-11-20)19-16(22)10-21-14-5-3-4-6-15(14)24-17(21)23/h3-8,11-13H,9-10H2,1-2H3,(H,19,22)/t13-/m0/s1. The fourth-order valence-electron chi connectivity index (χ4n) is 2.60. The average Bonchev–Trinajstić information content (AvgIpc) is 3.15. The van der Waals surface area contributed by atoms with Crippen molar-refractivity contribution in [1.29, 1.82) is 0 Å². The van der Waals surface area contributed by atoms with E-state index in [0.29, 0.717) is 17.6 Å². The van der Waals surface area contributed by atoms with Gasteiger partial charge in [0.1, 0.15) is 6.54 Å². The Hall–Kier alpha value is -2.83. The van der Waals surface area contributed by atoms with Gasteiger partial charge in [0.25, 0.3) is 0 Å². The summed E-state index contributed by atoms with van der Waals surface area (Å²) in [5.41, 5.74) is 1.10. The van der Waals surface area contributed by atoms with Crippen molar-refractivity contribution in [1.82, 2.24) is 19.4 Å². The van der Waals surface area contributed by atoms with Gasteiger partial charge >= 0.3 is 5.76 Å². The van der Waals surface area contributed by atoms with Crippen LogP contribution in [0.5, 0.6) is 0 Å². The zero-order valence-corrected chi connectivity index (χ0v) is 13.7. The van der Waals surface area contributed by atoms with Crippen LogP contribution in [0.1, 0.15) is 13.8 Å². The van der Waals surface area contributed by atoms with Gasteiger partial charge in [-0.05, 0) is 18.1 Å². The van der Waals surface area contributed by atoms with Crippen LogP contribution in [-0.2, 0) is 17.9 Å². The number of aromatic nitrogens is 3. The van der Waals surface area contributed by atoms with Crippen LogP contribution in [0.2, 0.25) is 0 Å². The Morgan fingerprint density at radius 1 is 1.33 bits per heavy atom. The molecule has 24 heavy (non-hydrogen) atoms. The minimum absolute atomic E-state index is 0.0550. The van der Waals surface area contributed by atoms with Crippen LogP contribution in [0, 0.1) is 5.92 Å². The van der Waals surface area contributed by atoms with Crippen molar-refractivity contribution >= 4 is 17.0 Å². The lowest BCUT2D eigenvalue weighted by Crippen LogP contribution is -2.43. The average molecular weight is 328 g/mol. The number of oxazole rings is 1. The molecular weight excluding hydrogens is 308 g/mol. The molecule has 1 N–H and O–H groups in total. The fourth-order valence-corrected chi connectivity index (χ4v) is 2.60. The van der Waals surface area contributed by atoms with Gasteiger partial charge < -0.3 is 14.3 Å². The third-order valence-corrected chi connectivity index (χ3v) is 3.99. The zero-order valence-electron chi connectivity index (χ0n) is 13.7. The highest BCUT2D eigenvalue weighted by molar-refractivity contribution is 5.79. The monoisotopic (exact) mass is 328 g/mol. The molecule has 0 saturated carbocycles. The molecule has 0 bridgehead atoms. The minimum atomic E-state index is -0.526. The number of fused-ring (bicyclic) bond motifs is 1. The number of carbonyl (C=O) groups is 1. The SMILES string of the molecule is CC(C)[C@H](Cn1ccnc1)NC(=O)Cn1c(=O)oc2ccccc21. The minimum Gasteiger partial charge on any atom is -0.408 e. The van der Waals surface area contributed by atoms with Crippen LogP contribution >= 0.6 is 0 Å². The Morgan fingerprint density at radius 2 is 2.12 bits per heavy atom. The van der Waals surface area contributed by atoms with Crippen LogP contribution in [0.4, 0.5) is 0 Å². The number of benzene rings is 1. The van der Waals surface area contributed by atoms with E-state index >= 15 is 0 Å². The summed E-state index contributed by atoms with van der Waals surface area (Å²) >= 11 is 0. The van der Waals surface area contributed by atoms with E-state index in [4.69, 9.17) is 4.42 Å². The molecule has 2 aromatic heterocycles. The smallest absolute Gasteiger partial charge is 0.408 e. The van der Waals surface area contributed by atoms with Crippen LogP contribution in [0.25, 0.3) is 11.1 Å². The number of nitrogens with one attached hydrogen (secondary N) is 1. The van der Waals surface area contributed by atoms with E-state index < -0.39 is 5.76 Å². The summed E-state index contributed by atoms with van der Waals surface area (Å²) < 4.78 is 8.42. The summed E-state index contributed by atoms with van der Waals surface area (Å²) in [5, 5.41) is 3.00. The molecule has 126 valence electrons. The van der Waals surface area contributed by atoms with Crippen molar-refractivity contribution in [2.75, 3.05) is 0 Å². The van der Waals surface area contributed by atoms with E-state index in [1.807, 2.05) is 30.7 Å². The van der Waals surface area contributed by atoms with Crippen molar-refractivity contribution in [3.05, 3.63) is 53.5 Å². The quantitative estimate of drug-likeness (QED) is 0.745. The zero-order chi connectivity index (χ0) is 17.1. The molecule has 0 spiro atoms. The van der Waals surface area contributed by atoms with Gasteiger partial charge in [-0.2, -0.15) is 0 Å². The molecule has 3 rings (SSSR count). The largest absolute Gasteiger partial charge is 0.420 e. The van der Waals surface area contributed by atoms with Crippen molar-refractivity contribution in [3.8, 4) is 0 Å². The molecule has 7 heteroatoms. The topological polar surface area (TPSA) is 82.1 Å². The van der Waals surface area contributed by atoms with E-state index in [2.05, 4.69) is 10.3 Å². The Kier molecular flexibility index (Phi) is 4.50. The molecule has 1 atom stereocenters. The molecule has 0 radical (unpaired) electrons. The Labute approximate surface area is 138 Å². The maximum absolute atomic E-state index is 12.4. The first-order valence-electron chi connectivity index (χ1n) is 7.88. The Bertz CT molecular complexity index is 877. The molecule has 0 saturated heterocycles. The molecular formula is C17H20N4O3. The van der Waals surface area contributed by atoms with Crippen molar-refractivity contribution in [2.24, 2.45) is 5.92 Å². The van der Waals surface area contributed by atoms with E-state index in [-0.39, 0.29) is 24.4 Å². The van der Waals surface area contributed by atoms with Crippen LogP contribution in [-0.4, -0.2) is 26.1 Å². The maximum atomic E-state index is 12.4. The van der Waals surface area contributed by atoms with Gasteiger partial charge in [-0.25, -0.2) is 9.78 Å². The van der Waals surface area contributed by atoms with Gasteiger partial charge in [0, 0.05) is 25.0 Å². The lowest BCUT2D eigenvalue weighted by Gasteiger charge is -2.22. The van der Waals surface area contributed by atoms with Gasteiger partial charge in [0.05, 0.1) is 11.8 Å². The first kappa shape index (κ1) is 16.0. The Balaban J connectivity index is 1.73. The highest BCUT2D eigenvalue weighted by Gasteiger charge is 2.18. The van der Waals surface area contributed by atoms with Gasteiger partial charge in [-0.3, -0.25) is 9.36 Å². The second-order valence-corrected chi connectivity index (χ2v) is 6.10. The highest BCUT2D eigenvalue weighted by atomic mass is 16.4. The van der Waals surface area contributed by atoms with Crippen LogP contribution < -0.4 is 11.1 Å². The van der Waals surface area contributed by atoms with Crippen LogP contribution in [0.15, 0.2) is 52.2 Å². The summed E-state index contributed by atoms with van der Waals surface area (Å²) in [6.45, 7) is 4.65. The molecule has 0 fully saturated rings. The maximum Gasteiger partial charge on any atom is 0.420 e. The second kappa shape index (κ2) is 6.74. The van der Waals surface area contributed by atoms with Crippen molar-refractivity contribution < 1.29 is 9.21 Å². The third kappa shape index (κ3) is 3.40. The van der Waals surface area contributed by atoms with E-state index in [9.17, 15) is 9.59 Å². The lowest BCUT2D eigenvalue weighted by atomic mass is 10.0. The number of amides is 1. The van der Waals surface area contributed by atoms with Crippen molar-refractivity contribution in [2.45, 2.75) is 33.0 Å². The predicted octanol–water partition coefficient (Wildman–Crippen LogP) is 1.63. The van der Waals surface area contributed by atoms with E-state index in [0.717, 1.165) is 0 Å². The first-order valence-corrected chi connectivity index (χ1v) is 7.88. The highest BCUT2D eigenvalue weighted by Crippen LogP contribution is 2.12. The molecule has 7 nitrogen and oxygen atoms in total. The molecule has 1 amide bonds. The number of para-hydroxylation sites is 2. The summed E-state index contributed by atoms with van der Waals surface area (Å²) in [7, 11) is 0. The number of imidazole rings is 1. The lowest BCUT2D eigenvalue weighted by molar-refractivity contribution is -0.122. The molecule has 0 aliphatic heterocycles. The summed E-state index contributed by atoms with van der Waals surface area (Å²) in [5.74, 6) is -0.501. The van der Waals surface area contributed by atoms with Gasteiger partial charge in [-0.1, -0.05) is 26.0 Å². The summed E-state index contributed by atoms with van der Waals surface area (Å²) in [6, 6.07) is 7.01. The second-order valence-electron chi connectivity index (χ2n) is 6.10.